The highest BCUT2D eigenvalue weighted by Gasteiger charge is 2.40. The highest BCUT2D eigenvalue weighted by atomic mass is 16.4. The number of oxime groups is 1. The highest BCUT2D eigenvalue weighted by Crippen LogP contribution is 2.48. The Labute approximate surface area is 97.5 Å². The Balaban J connectivity index is 1.49. The lowest BCUT2D eigenvalue weighted by Crippen LogP contribution is -2.38. The molecular formula is C13H22N2O. The van der Waals surface area contributed by atoms with Crippen LogP contribution in [0.1, 0.15) is 38.5 Å². The van der Waals surface area contributed by atoms with E-state index in [1.54, 1.807) is 0 Å². The zero-order valence-electron chi connectivity index (χ0n) is 9.94. The fourth-order valence-corrected chi connectivity index (χ4v) is 4.03. The Morgan fingerprint density at radius 3 is 2.56 bits per heavy atom. The maximum atomic E-state index is 8.72. The van der Waals surface area contributed by atoms with E-state index >= 15 is 0 Å². The average Bonchev–Trinajstić information content (AvgIpc) is 2.92. The van der Waals surface area contributed by atoms with Crippen LogP contribution in [0.3, 0.4) is 0 Å². The minimum Gasteiger partial charge on any atom is -0.411 e. The predicted octanol–water partition coefficient (Wildman–Crippen LogP) is 2.35. The van der Waals surface area contributed by atoms with E-state index in [1.165, 1.54) is 32.2 Å². The summed E-state index contributed by atoms with van der Waals surface area (Å²) in [6, 6.07) is 0. The van der Waals surface area contributed by atoms with Gasteiger partial charge in [-0.2, -0.15) is 0 Å². The molecule has 3 unspecified atom stereocenters. The van der Waals surface area contributed by atoms with Crippen molar-refractivity contribution in [3.63, 3.8) is 0 Å². The summed E-state index contributed by atoms with van der Waals surface area (Å²) in [4.78, 5) is 2.58. The Kier molecular flexibility index (Phi) is 2.88. The van der Waals surface area contributed by atoms with Gasteiger partial charge in [0.1, 0.15) is 0 Å². The number of likely N-dealkylation sites (tertiary alicyclic amines) is 1. The third-order valence-corrected chi connectivity index (χ3v) is 4.95. The summed E-state index contributed by atoms with van der Waals surface area (Å²) in [5, 5.41) is 12.1. The van der Waals surface area contributed by atoms with Gasteiger partial charge in [-0.15, -0.1) is 0 Å². The zero-order valence-corrected chi connectivity index (χ0v) is 9.94. The van der Waals surface area contributed by atoms with E-state index in [-0.39, 0.29) is 0 Å². The van der Waals surface area contributed by atoms with Crippen molar-refractivity contribution in [2.45, 2.75) is 38.5 Å². The molecule has 0 spiro atoms. The molecule has 2 bridgehead atoms. The van der Waals surface area contributed by atoms with Gasteiger partial charge >= 0.3 is 0 Å². The van der Waals surface area contributed by atoms with Crippen LogP contribution in [0.25, 0.3) is 0 Å². The van der Waals surface area contributed by atoms with Crippen LogP contribution < -0.4 is 0 Å². The van der Waals surface area contributed by atoms with Gasteiger partial charge in [0.15, 0.2) is 0 Å². The van der Waals surface area contributed by atoms with E-state index < -0.39 is 0 Å². The SMILES string of the molecule is ON=C1CCN(CC2CC3CCC2C3)CC1. The topological polar surface area (TPSA) is 35.8 Å². The molecule has 3 nitrogen and oxygen atoms in total. The summed E-state index contributed by atoms with van der Waals surface area (Å²) >= 11 is 0. The lowest BCUT2D eigenvalue weighted by Gasteiger charge is -2.32. The standard InChI is InChI=1S/C13H22N2O/c16-14-13-3-5-15(6-4-13)9-12-8-10-1-2-11(12)7-10/h10-12,16H,1-9H2. The largest absolute Gasteiger partial charge is 0.411 e. The quantitative estimate of drug-likeness (QED) is 0.575. The monoisotopic (exact) mass is 222 g/mol. The van der Waals surface area contributed by atoms with Crippen LogP contribution in [-0.2, 0) is 0 Å². The molecule has 0 aromatic heterocycles. The molecular weight excluding hydrogens is 200 g/mol. The van der Waals surface area contributed by atoms with Crippen LogP contribution in [0.5, 0.6) is 0 Å². The van der Waals surface area contributed by atoms with Crippen LogP contribution in [0, 0.1) is 17.8 Å². The molecule has 90 valence electrons. The number of rotatable bonds is 2. The zero-order chi connectivity index (χ0) is 11.0. The van der Waals surface area contributed by atoms with Gasteiger partial charge in [0, 0.05) is 32.5 Å². The molecule has 16 heavy (non-hydrogen) atoms. The maximum Gasteiger partial charge on any atom is 0.0596 e. The molecule has 3 atom stereocenters. The smallest absolute Gasteiger partial charge is 0.0596 e. The Hall–Kier alpha value is -0.570. The van der Waals surface area contributed by atoms with Crippen molar-refractivity contribution >= 4 is 5.71 Å². The molecule has 1 saturated heterocycles. The van der Waals surface area contributed by atoms with E-state index in [0.717, 1.165) is 49.4 Å². The van der Waals surface area contributed by atoms with Crippen molar-refractivity contribution < 1.29 is 5.21 Å². The van der Waals surface area contributed by atoms with E-state index in [4.69, 9.17) is 5.21 Å². The molecule has 2 aliphatic carbocycles. The second-order valence-electron chi connectivity index (χ2n) is 5.90. The van der Waals surface area contributed by atoms with Gasteiger partial charge in [0.05, 0.1) is 5.71 Å². The van der Waals surface area contributed by atoms with E-state index in [1.807, 2.05) is 0 Å². The number of fused-ring (bicyclic) bond motifs is 2. The van der Waals surface area contributed by atoms with Crippen molar-refractivity contribution in [2.75, 3.05) is 19.6 Å². The van der Waals surface area contributed by atoms with Crippen molar-refractivity contribution in [2.24, 2.45) is 22.9 Å². The van der Waals surface area contributed by atoms with Crippen LogP contribution in [0.2, 0.25) is 0 Å². The summed E-state index contributed by atoms with van der Waals surface area (Å²) < 4.78 is 0. The number of piperidine rings is 1. The normalized spacial score (nSPS) is 39.2. The van der Waals surface area contributed by atoms with E-state index in [2.05, 4.69) is 10.1 Å². The van der Waals surface area contributed by atoms with Gasteiger partial charge in [0.2, 0.25) is 0 Å². The lowest BCUT2D eigenvalue weighted by molar-refractivity contribution is 0.187. The molecule has 3 fully saturated rings. The molecule has 0 aromatic carbocycles. The second-order valence-corrected chi connectivity index (χ2v) is 5.90. The molecule has 1 heterocycles. The molecule has 1 N–H and O–H groups in total. The molecule has 0 amide bonds. The molecule has 3 aliphatic rings. The molecule has 3 rings (SSSR count). The molecule has 3 heteroatoms. The van der Waals surface area contributed by atoms with Gasteiger partial charge in [-0.25, -0.2) is 0 Å². The first-order chi connectivity index (χ1) is 7.85. The fourth-order valence-electron chi connectivity index (χ4n) is 4.03. The van der Waals surface area contributed by atoms with Gasteiger partial charge in [0.25, 0.3) is 0 Å². The third-order valence-electron chi connectivity index (χ3n) is 4.95. The highest BCUT2D eigenvalue weighted by molar-refractivity contribution is 5.84. The Morgan fingerprint density at radius 1 is 1.19 bits per heavy atom. The van der Waals surface area contributed by atoms with Crippen LogP contribution in [0.15, 0.2) is 5.16 Å². The van der Waals surface area contributed by atoms with Gasteiger partial charge in [-0.1, -0.05) is 11.6 Å². The average molecular weight is 222 g/mol. The summed E-state index contributed by atoms with van der Waals surface area (Å²) in [6.45, 7) is 3.51. The molecule has 0 radical (unpaired) electrons. The fraction of sp³-hybridized carbons (Fsp3) is 0.923. The first-order valence-electron chi connectivity index (χ1n) is 6.77. The maximum absolute atomic E-state index is 8.72. The Bertz CT molecular complexity index is 280. The molecule has 2 saturated carbocycles. The van der Waals surface area contributed by atoms with Gasteiger partial charge in [-0.3, -0.25) is 0 Å². The van der Waals surface area contributed by atoms with Crippen LogP contribution in [0.4, 0.5) is 0 Å². The molecule has 0 aromatic rings. The second kappa shape index (κ2) is 4.36. The van der Waals surface area contributed by atoms with Gasteiger partial charge < -0.3 is 10.1 Å². The Morgan fingerprint density at radius 2 is 2.00 bits per heavy atom. The van der Waals surface area contributed by atoms with E-state index in [9.17, 15) is 0 Å². The first kappa shape index (κ1) is 10.6. The number of nitrogens with zero attached hydrogens (tertiary/aromatic N) is 2. The number of hydrogen-bond donors (Lipinski definition) is 1. The minimum atomic E-state index is 0.970. The van der Waals surface area contributed by atoms with Crippen LogP contribution in [-0.4, -0.2) is 35.5 Å². The van der Waals surface area contributed by atoms with E-state index in [0.29, 0.717) is 0 Å². The van der Waals surface area contributed by atoms with Gasteiger partial charge in [-0.05, 0) is 37.0 Å². The van der Waals surface area contributed by atoms with Crippen LogP contribution >= 0.6 is 0 Å². The lowest BCUT2D eigenvalue weighted by atomic mass is 9.88. The summed E-state index contributed by atoms with van der Waals surface area (Å²) in [5.41, 5.74) is 0.990. The predicted molar refractivity (Wildman–Crippen MR) is 63.8 cm³/mol. The first-order valence-corrected chi connectivity index (χ1v) is 6.77. The van der Waals surface area contributed by atoms with Crippen molar-refractivity contribution in [1.29, 1.82) is 0 Å². The minimum absolute atomic E-state index is 0.970. The van der Waals surface area contributed by atoms with Crippen molar-refractivity contribution in [3.05, 3.63) is 0 Å². The summed E-state index contributed by atoms with van der Waals surface area (Å²) in [6.07, 6.45) is 7.94. The summed E-state index contributed by atoms with van der Waals surface area (Å²) in [7, 11) is 0. The third kappa shape index (κ3) is 1.97. The van der Waals surface area contributed by atoms with Crippen molar-refractivity contribution in [3.8, 4) is 0 Å². The summed E-state index contributed by atoms with van der Waals surface area (Å²) in [5.74, 6) is 3.08. The van der Waals surface area contributed by atoms with Crippen molar-refractivity contribution in [1.82, 2.24) is 4.90 Å². The number of hydrogen-bond acceptors (Lipinski definition) is 3. The molecule has 1 aliphatic heterocycles.